The highest BCUT2D eigenvalue weighted by molar-refractivity contribution is 5.81. The van der Waals surface area contributed by atoms with Gasteiger partial charge in [0.15, 0.2) is 0 Å². The summed E-state index contributed by atoms with van der Waals surface area (Å²) in [5.41, 5.74) is 0. The smallest absolute Gasteiger partial charge is 0.330 e. The number of carbonyl (C=O) groups excluding carboxylic acids is 1. The fourth-order valence-corrected chi connectivity index (χ4v) is 1.15. The van der Waals surface area contributed by atoms with E-state index in [1.165, 1.54) is 13.2 Å². The van der Waals surface area contributed by atoms with Crippen LogP contribution in [0.5, 0.6) is 0 Å². The zero-order valence-electron chi connectivity index (χ0n) is 7.45. The Morgan fingerprint density at radius 1 is 1.75 bits per heavy atom. The second-order valence-corrected chi connectivity index (χ2v) is 2.85. The molecule has 3 heteroatoms. The van der Waals surface area contributed by atoms with Gasteiger partial charge in [0.2, 0.25) is 0 Å². The van der Waals surface area contributed by atoms with Crippen LogP contribution < -0.4 is 0 Å². The fraction of sp³-hybridized carbons (Fsp3) is 0.667. The number of esters is 1. The van der Waals surface area contributed by atoms with Crippen LogP contribution in [-0.2, 0) is 14.3 Å². The van der Waals surface area contributed by atoms with Crippen molar-refractivity contribution in [2.45, 2.75) is 19.4 Å². The fourth-order valence-electron chi connectivity index (χ4n) is 1.15. The summed E-state index contributed by atoms with van der Waals surface area (Å²) in [6.07, 6.45) is 4.40. The molecule has 2 atom stereocenters. The number of hydrogen-bond donors (Lipinski definition) is 0. The zero-order chi connectivity index (χ0) is 8.97. The minimum atomic E-state index is -0.319. The molecule has 1 rings (SSSR count). The molecule has 0 aromatic heterocycles. The Kier molecular flexibility index (Phi) is 3.29. The molecule has 0 aromatic rings. The summed E-state index contributed by atoms with van der Waals surface area (Å²) in [4.78, 5) is 10.7. The molecule has 0 amide bonds. The van der Waals surface area contributed by atoms with Crippen LogP contribution in [0.4, 0.5) is 0 Å². The van der Waals surface area contributed by atoms with E-state index in [0.717, 1.165) is 13.0 Å². The Labute approximate surface area is 72.4 Å². The van der Waals surface area contributed by atoms with Gasteiger partial charge < -0.3 is 9.47 Å². The van der Waals surface area contributed by atoms with Crippen LogP contribution in [0.15, 0.2) is 12.2 Å². The molecule has 2 unspecified atom stereocenters. The molecular weight excluding hydrogens is 156 g/mol. The number of carbonyl (C=O) groups is 1. The van der Waals surface area contributed by atoms with Gasteiger partial charge in [0.05, 0.1) is 19.8 Å². The lowest BCUT2D eigenvalue weighted by molar-refractivity contribution is -0.135. The lowest BCUT2D eigenvalue weighted by Crippen LogP contribution is -2.37. The van der Waals surface area contributed by atoms with E-state index in [0.29, 0.717) is 5.92 Å². The van der Waals surface area contributed by atoms with Crippen molar-refractivity contribution in [2.24, 2.45) is 5.92 Å². The summed E-state index contributed by atoms with van der Waals surface area (Å²) in [5, 5.41) is 0. The third kappa shape index (κ3) is 2.08. The first-order valence-corrected chi connectivity index (χ1v) is 4.15. The highest BCUT2D eigenvalue weighted by Gasteiger charge is 2.27. The number of ether oxygens (including phenoxy) is 2. The van der Waals surface area contributed by atoms with Crippen LogP contribution in [0.1, 0.15) is 13.3 Å². The quantitative estimate of drug-likeness (QED) is 0.470. The van der Waals surface area contributed by atoms with E-state index in [4.69, 9.17) is 4.74 Å². The summed E-state index contributed by atoms with van der Waals surface area (Å²) in [6.45, 7) is 2.93. The molecule has 1 fully saturated rings. The van der Waals surface area contributed by atoms with Gasteiger partial charge in [0.1, 0.15) is 0 Å². The maximum Gasteiger partial charge on any atom is 0.330 e. The molecule has 12 heavy (non-hydrogen) atoms. The van der Waals surface area contributed by atoms with Crippen LogP contribution in [0.2, 0.25) is 0 Å². The van der Waals surface area contributed by atoms with Crippen molar-refractivity contribution in [1.82, 2.24) is 0 Å². The predicted molar refractivity (Wildman–Crippen MR) is 44.7 cm³/mol. The average Bonchev–Trinajstić information content (AvgIpc) is 2.03. The van der Waals surface area contributed by atoms with E-state index in [9.17, 15) is 4.79 Å². The molecule has 0 bridgehead atoms. The van der Waals surface area contributed by atoms with Crippen LogP contribution in [0.25, 0.3) is 0 Å². The largest absolute Gasteiger partial charge is 0.466 e. The third-order valence-electron chi connectivity index (χ3n) is 2.11. The predicted octanol–water partition coefficient (Wildman–Crippen LogP) is 1.14. The third-order valence-corrected chi connectivity index (χ3v) is 2.11. The number of hydrogen-bond acceptors (Lipinski definition) is 3. The monoisotopic (exact) mass is 170 g/mol. The van der Waals surface area contributed by atoms with Crippen molar-refractivity contribution < 1.29 is 14.3 Å². The van der Waals surface area contributed by atoms with Gasteiger partial charge in [-0.25, -0.2) is 4.79 Å². The molecule has 0 spiro atoms. The highest BCUT2D eigenvalue weighted by Crippen LogP contribution is 2.24. The van der Waals surface area contributed by atoms with Crippen LogP contribution in [-0.4, -0.2) is 25.8 Å². The van der Waals surface area contributed by atoms with Crippen LogP contribution in [0.3, 0.4) is 0 Å². The Bertz CT molecular complexity index is 184. The summed E-state index contributed by atoms with van der Waals surface area (Å²) >= 11 is 0. The number of rotatable bonds is 3. The van der Waals surface area contributed by atoms with Gasteiger partial charge in [-0.1, -0.05) is 6.92 Å². The van der Waals surface area contributed by atoms with E-state index < -0.39 is 0 Å². The second kappa shape index (κ2) is 4.26. The van der Waals surface area contributed by atoms with Gasteiger partial charge in [0, 0.05) is 12.0 Å². The van der Waals surface area contributed by atoms with Crippen molar-refractivity contribution in [1.29, 1.82) is 0 Å². The summed E-state index contributed by atoms with van der Waals surface area (Å²) in [7, 11) is 1.37. The van der Waals surface area contributed by atoms with E-state index in [1.807, 2.05) is 0 Å². The van der Waals surface area contributed by atoms with Crippen LogP contribution in [0, 0.1) is 5.92 Å². The maximum absolute atomic E-state index is 10.7. The first-order valence-electron chi connectivity index (χ1n) is 4.15. The normalized spacial score (nSPS) is 28.5. The molecule has 1 aliphatic rings. The minimum absolute atomic E-state index is 0.120. The van der Waals surface area contributed by atoms with Gasteiger partial charge in [-0.05, 0) is 12.5 Å². The average molecular weight is 170 g/mol. The second-order valence-electron chi connectivity index (χ2n) is 2.85. The van der Waals surface area contributed by atoms with Crippen molar-refractivity contribution in [3.05, 3.63) is 12.2 Å². The van der Waals surface area contributed by atoms with Gasteiger partial charge in [-0.2, -0.15) is 0 Å². The molecule has 0 saturated carbocycles. The Hall–Kier alpha value is -0.830. The van der Waals surface area contributed by atoms with Crippen molar-refractivity contribution in [3.8, 4) is 0 Å². The van der Waals surface area contributed by atoms with Crippen molar-refractivity contribution >= 4 is 5.97 Å². The standard InChI is InChI=1S/C9H14O3/c1-3-7-6-12-8(7)4-5-9(10)11-2/h4-5,7-8H,3,6H2,1-2H3. The van der Waals surface area contributed by atoms with Gasteiger partial charge >= 0.3 is 5.97 Å². The molecule has 0 aromatic carbocycles. The molecule has 0 N–H and O–H groups in total. The Morgan fingerprint density at radius 3 is 2.92 bits per heavy atom. The Morgan fingerprint density at radius 2 is 2.50 bits per heavy atom. The lowest BCUT2D eigenvalue weighted by Gasteiger charge is -2.33. The minimum Gasteiger partial charge on any atom is -0.466 e. The summed E-state index contributed by atoms with van der Waals surface area (Å²) < 4.78 is 9.69. The van der Waals surface area contributed by atoms with Gasteiger partial charge in [-0.15, -0.1) is 0 Å². The van der Waals surface area contributed by atoms with Crippen LogP contribution >= 0.6 is 0 Å². The Balaban J connectivity index is 2.31. The SMILES string of the molecule is CCC1COC1C=CC(=O)OC. The topological polar surface area (TPSA) is 35.5 Å². The first kappa shape index (κ1) is 9.26. The maximum atomic E-state index is 10.7. The first-order chi connectivity index (χ1) is 5.77. The molecule has 1 aliphatic heterocycles. The molecule has 1 saturated heterocycles. The van der Waals surface area contributed by atoms with E-state index in [-0.39, 0.29) is 12.1 Å². The van der Waals surface area contributed by atoms with E-state index >= 15 is 0 Å². The van der Waals surface area contributed by atoms with E-state index in [1.54, 1.807) is 6.08 Å². The molecule has 1 heterocycles. The zero-order valence-corrected chi connectivity index (χ0v) is 7.45. The van der Waals surface area contributed by atoms with Gasteiger partial charge in [0.25, 0.3) is 0 Å². The van der Waals surface area contributed by atoms with E-state index in [2.05, 4.69) is 11.7 Å². The lowest BCUT2D eigenvalue weighted by atomic mass is 9.95. The number of methoxy groups -OCH3 is 1. The molecular formula is C9H14O3. The molecule has 3 nitrogen and oxygen atoms in total. The van der Waals surface area contributed by atoms with Crippen molar-refractivity contribution in [3.63, 3.8) is 0 Å². The van der Waals surface area contributed by atoms with Crippen molar-refractivity contribution in [2.75, 3.05) is 13.7 Å². The summed E-state index contributed by atoms with van der Waals surface area (Å²) in [5.74, 6) is 0.256. The van der Waals surface area contributed by atoms with Gasteiger partial charge in [-0.3, -0.25) is 0 Å². The molecule has 68 valence electrons. The summed E-state index contributed by atoms with van der Waals surface area (Å²) in [6, 6.07) is 0. The highest BCUT2D eigenvalue weighted by atomic mass is 16.5. The molecule has 0 radical (unpaired) electrons. The molecule has 0 aliphatic carbocycles.